The number of carbonyl (C=O) groups excluding carboxylic acids is 1. The van der Waals surface area contributed by atoms with E-state index in [2.05, 4.69) is 6.92 Å². The van der Waals surface area contributed by atoms with Crippen molar-refractivity contribution in [3.05, 3.63) is 16.5 Å². The monoisotopic (exact) mass is 215 g/mol. The SMILES string of the molecule is CCc1cc(C(=O)CN)c(SC)s1. The minimum absolute atomic E-state index is 0.0419. The molecule has 0 atom stereocenters. The van der Waals surface area contributed by atoms with Crippen molar-refractivity contribution < 1.29 is 4.79 Å². The average Bonchev–Trinajstić information content (AvgIpc) is 2.59. The Bertz CT molecular complexity index is 307. The van der Waals surface area contributed by atoms with E-state index in [-0.39, 0.29) is 12.3 Å². The van der Waals surface area contributed by atoms with E-state index in [1.54, 1.807) is 23.1 Å². The Labute approximate surface area is 86.5 Å². The largest absolute Gasteiger partial charge is 0.324 e. The van der Waals surface area contributed by atoms with Gasteiger partial charge in [-0.25, -0.2) is 0 Å². The molecule has 2 N–H and O–H groups in total. The van der Waals surface area contributed by atoms with Gasteiger partial charge in [0, 0.05) is 10.4 Å². The lowest BCUT2D eigenvalue weighted by Crippen LogP contribution is -2.13. The molecule has 0 aliphatic heterocycles. The number of thioether (sulfide) groups is 1. The Hall–Kier alpha value is -0.320. The van der Waals surface area contributed by atoms with Crippen LogP contribution in [-0.2, 0) is 6.42 Å². The molecule has 13 heavy (non-hydrogen) atoms. The normalized spacial score (nSPS) is 10.4. The Balaban J connectivity index is 3.03. The Kier molecular flexibility index (Phi) is 3.96. The molecule has 1 heterocycles. The number of hydrogen-bond donors (Lipinski definition) is 1. The van der Waals surface area contributed by atoms with Gasteiger partial charge in [0.15, 0.2) is 5.78 Å². The van der Waals surface area contributed by atoms with Crippen molar-refractivity contribution in [1.29, 1.82) is 0 Å². The van der Waals surface area contributed by atoms with Crippen LogP contribution in [0.1, 0.15) is 22.2 Å². The highest BCUT2D eigenvalue weighted by atomic mass is 32.2. The fourth-order valence-electron chi connectivity index (χ4n) is 1.05. The Morgan fingerprint density at radius 2 is 2.38 bits per heavy atom. The van der Waals surface area contributed by atoms with Crippen molar-refractivity contribution in [2.75, 3.05) is 12.8 Å². The van der Waals surface area contributed by atoms with Crippen LogP contribution in [0.5, 0.6) is 0 Å². The molecule has 72 valence electrons. The van der Waals surface area contributed by atoms with E-state index in [4.69, 9.17) is 5.73 Å². The first-order valence-electron chi connectivity index (χ1n) is 4.12. The molecule has 4 heteroatoms. The van der Waals surface area contributed by atoms with Gasteiger partial charge in [-0.3, -0.25) is 4.79 Å². The first-order valence-corrected chi connectivity index (χ1v) is 6.17. The third-order valence-electron chi connectivity index (χ3n) is 1.77. The van der Waals surface area contributed by atoms with E-state index < -0.39 is 0 Å². The first-order chi connectivity index (χ1) is 6.22. The maximum Gasteiger partial charge on any atom is 0.178 e. The quantitative estimate of drug-likeness (QED) is 0.618. The van der Waals surface area contributed by atoms with E-state index in [0.717, 1.165) is 16.2 Å². The number of rotatable bonds is 4. The summed E-state index contributed by atoms with van der Waals surface area (Å²) in [6, 6.07) is 1.96. The van der Waals surface area contributed by atoms with Crippen molar-refractivity contribution in [2.45, 2.75) is 17.6 Å². The standard InChI is InChI=1S/C9H13NOS2/c1-3-6-4-7(8(11)5-10)9(12-2)13-6/h4H,3,5,10H2,1-2H3. The fraction of sp³-hybridized carbons (Fsp3) is 0.444. The highest BCUT2D eigenvalue weighted by Gasteiger charge is 2.13. The lowest BCUT2D eigenvalue weighted by atomic mass is 10.2. The van der Waals surface area contributed by atoms with Crippen LogP contribution in [0.15, 0.2) is 10.3 Å². The van der Waals surface area contributed by atoms with Crippen LogP contribution in [0.25, 0.3) is 0 Å². The van der Waals surface area contributed by atoms with Gasteiger partial charge in [-0.2, -0.15) is 0 Å². The van der Waals surface area contributed by atoms with E-state index in [9.17, 15) is 4.79 Å². The second-order valence-electron chi connectivity index (χ2n) is 2.60. The van der Waals surface area contributed by atoms with Crippen molar-refractivity contribution in [3.63, 3.8) is 0 Å². The molecule has 0 amide bonds. The third-order valence-corrected chi connectivity index (χ3v) is 4.18. The van der Waals surface area contributed by atoms with E-state index >= 15 is 0 Å². The number of nitrogens with two attached hydrogens (primary N) is 1. The van der Waals surface area contributed by atoms with Crippen molar-refractivity contribution in [2.24, 2.45) is 5.73 Å². The van der Waals surface area contributed by atoms with Crippen LogP contribution in [0.3, 0.4) is 0 Å². The van der Waals surface area contributed by atoms with Crippen LogP contribution >= 0.6 is 23.1 Å². The van der Waals surface area contributed by atoms with Gasteiger partial charge in [-0.1, -0.05) is 6.92 Å². The van der Waals surface area contributed by atoms with Crippen molar-refractivity contribution >= 4 is 28.9 Å². The second kappa shape index (κ2) is 4.79. The van der Waals surface area contributed by atoms with Crippen LogP contribution < -0.4 is 5.73 Å². The van der Waals surface area contributed by atoms with E-state index in [1.165, 1.54) is 4.88 Å². The van der Waals surface area contributed by atoms with Crippen molar-refractivity contribution in [3.8, 4) is 0 Å². The lowest BCUT2D eigenvalue weighted by Gasteiger charge is -1.95. The summed E-state index contributed by atoms with van der Waals surface area (Å²) in [7, 11) is 0. The molecule has 0 radical (unpaired) electrons. The van der Waals surface area contributed by atoms with Gasteiger partial charge < -0.3 is 5.73 Å². The van der Waals surface area contributed by atoms with Crippen molar-refractivity contribution in [1.82, 2.24) is 0 Å². The van der Waals surface area contributed by atoms with Gasteiger partial charge in [0.05, 0.1) is 10.8 Å². The third kappa shape index (κ3) is 2.33. The average molecular weight is 215 g/mol. The molecule has 0 fully saturated rings. The topological polar surface area (TPSA) is 43.1 Å². The number of hydrogen-bond acceptors (Lipinski definition) is 4. The molecular formula is C9H13NOS2. The van der Waals surface area contributed by atoms with Crippen LogP contribution in [0.4, 0.5) is 0 Å². The van der Waals surface area contributed by atoms with E-state index in [1.807, 2.05) is 12.3 Å². The second-order valence-corrected chi connectivity index (χ2v) is 4.81. The molecule has 0 aliphatic carbocycles. The maximum atomic E-state index is 11.4. The highest BCUT2D eigenvalue weighted by Crippen LogP contribution is 2.31. The van der Waals surface area contributed by atoms with E-state index in [0.29, 0.717) is 0 Å². The summed E-state index contributed by atoms with van der Waals surface area (Å²) in [4.78, 5) is 12.6. The molecule has 1 aromatic heterocycles. The molecule has 0 saturated carbocycles. The summed E-state index contributed by atoms with van der Waals surface area (Å²) in [6.07, 6.45) is 2.97. The lowest BCUT2D eigenvalue weighted by molar-refractivity contribution is 0.0999. The Morgan fingerprint density at radius 3 is 2.85 bits per heavy atom. The molecule has 1 rings (SSSR count). The summed E-state index contributed by atoms with van der Waals surface area (Å²) in [5.41, 5.74) is 6.13. The minimum atomic E-state index is 0.0419. The predicted molar refractivity (Wildman–Crippen MR) is 58.9 cm³/mol. The number of aryl methyl sites for hydroxylation is 1. The highest BCUT2D eigenvalue weighted by molar-refractivity contribution is 8.00. The number of carbonyl (C=O) groups is 1. The van der Waals surface area contributed by atoms with Gasteiger partial charge in [0.1, 0.15) is 0 Å². The maximum absolute atomic E-state index is 11.4. The number of thiophene rings is 1. The smallest absolute Gasteiger partial charge is 0.178 e. The summed E-state index contributed by atoms with van der Waals surface area (Å²) in [5, 5.41) is 0. The molecule has 2 nitrogen and oxygen atoms in total. The molecule has 0 spiro atoms. The molecule has 0 unspecified atom stereocenters. The summed E-state index contributed by atoms with van der Waals surface area (Å²) in [6.45, 7) is 2.19. The summed E-state index contributed by atoms with van der Waals surface area (Å²) in [5.74, 6) is 0.0419. The molecule has 0 bridgehead atoms. The number of ketones is 1. The number of Topliss-reactive ketones (excluding diaryl/α,β-unsaturated/α-hetero) is 1. The van der Waals surface area contributed by atoms with Crippen LogP contribution in [0, 0.1) is 0 Å². The fourth-order valence-corrected chi connectivity index (χ4v) is 2.94. The molecular weight excluding hydrogens is 202 g/mol. The summed E-state index contributed by atoms with van der Waals surface area (Å²) >= 11 is 3.31. The predicted octanol–water partition coefficient (Wildman–Crippen LogP) is 2.17. The summed E-state index contributed by atoms with van der Waals surface area (Å²) < 4.78 is 1.09. The van der Waals surface area contributed by atoms with Gasteiger partial charge in [-0.15, -0.1) is 23.1 Å². The zero-order chi connectivity index (χ0) is 9.84. The zero-order valence-electron chi connectivity index (χ0n) is 7.79. The minimum Gasteiger partial charge on any atom is -0.324 e. The van der Waals surface area contributed by atoms with Gasteiger partial charge in [0.2, 0.25) is 0 Å². The molecule has 0 aromatic carbocycles. The van der Waals surface area contributed by atoms with Crippen LogP contribution in [-0.4, -0.2) is 18.6 Å². The van der Waals surface area contributed by atoms with Crippen LogP contribution in [0.2, 0.25) is 0 Å². The van der Waals surface area contributed by atoms with Gasteiger partial charge in [0.25, 0.3) is 0 Å². The zero-order valence-corrected chi connectivity index (χ0v) is 9.43. The van der Waals surface area contributed by atoms with Gasteiger partial charge >= 0.3 is 0 Å². The van der Waals surface area contributed by atoms with Gasteiger partial charge in [-0.05, 0) is 18.7 Å². The molecule has 1 aromatic rings. The first kappa shape index (κ1) is 10.8. The Morgan fingerprint density at radius 1 is 1.69 bits per heavy atom. The molecule has 0 saturated heterocycles. The molecule has 0 aliphatic rings.